The molecule has 1 radical (unpaired) electrons. The number of fused-ring (bicyclic) bond motifs is 5. The molecule has 2 aromatic heterocycles. The van der Waals surface area contributed by atoms with Crippen LogP contribution in [0.2, 0.25) is 0 Å². The molecule has 0 bridgehead atoms. The molecule has 3 nitrogen and oxygen atoms in total. The minimum atomic E-state index is 0. The Bertz CT molecular complexity index is 1070. The number of nitrogens with zero attached hydrogens (tertiary/aromatic N) is 3. The Kier molecular flexibility index (Phi) is 5.83. The van der Waals surface area contributed by atoms with Gasteiger partial charge in [0.05, 0.1) is 16.7 Å². The van der Waals surface area contributed by atoms with Gasteiger partial charge in [0.1, 0.15) is 0 Å². The van der Waals surface area contributed by atoms with E-state index in [4.69, 9.17) is 22.6 Å². The van der Waals surface area contributed by atoms with Crippen molar-refractivity contribution in [2.75, 3.05) is 19.8 Å². The van der Waals surface area contributed by atoms with Crippen molar-refractivity contribution in [2.24, 2.45) is 0 Å². The van der Waals surface area contributed by atoms with Crippen LogP contribution in [0.5, 0.6) is 0 Å². The topological polar surface area (TPSA) is 29.0 Å². The summed E-state index contributed by atoms with van der Waals surface area (Å²) in [6, 6.07) is 17.1. The Morgan fingerprint density at radius 1 is 0.769 bits per heavy atom. The molecule has 0 amide bonds. The molecule has 0 spiro atoms. The maximum Gasteiger partial charge on any atom is 2.00 e. The summed E-state index contributed by atoms with van der Waals surface area (Å²) in [7, 11) is 4.13. The molecular formula is C21H20CuN3S+. The van der Waals surface area contributed by atoms with E-state index in [0.29, 0.717) is 5.75 Å². The molecule has 0 N–H and O–H groups in total. The van der Waals surface area contributed by atoms with E-state index in [1.807, 2.05) is 0 Å². The maximum absolute atomic E-state index is 5.13. The van der Waals surface area contributed by atoms with Crippen molar-refractivity contribution in [1.29, 1.82) is 0 Å². The van der Waals surface area contributed by atoms with Gasteiger partial charge < -0.3 is 17.5 Å². The first kappa shape index (κ1) is 19.1. The zero-order valence-corrected chi connectivity index (χ0v) is 16.5. The summed E-state index contributed by atoms with van der Waals surface area (Å²) >= 11 is 5.13. The van der Waals surface area contributed by atoms with Crippen LogP contribution in [-0.2, 0) is 42.7 Å². The first-order valence-corrected chi connectivity index (χ1v) is 9.07. The fourth-order valence-electron chi connectivity index (χ4n) is 3.31. The van der Waals surface area contributed by atoms with Crippen LogP contribution >= 0.6 is 0 Å². The minimum Gasteiger partial charge on any atom is -0.792 e. The van der Waals surface area contributed by atoms with E-state index in [9.17, 15) is 0 Å². The smallest absolute Gasteiger partial charge is 0.792 e. The Hall–Kier alpha value is -1.65. The third-order valence-corrected chi connectivity index (χ3v) is 4.66. The van der Waals surface area contributed by atoms with Crippen molar-refractivity contribution in [3.8, 4) is 0 Å². The molecule has 0 atom stereocenters. The Labute approximate surface area is 169 Å². The van der Waals surface area contributed by atoms with Gasteiger partial charge in [0.15, 0.2) is 0 Å². The monoisotopic (exact) mass is 409 g/mol. The predicted molar refractivity (Wildman–Crippen MR) is 108 cm³/mol. The molecule has 4 aromatic rings. The van der Waals surface area contributed by atoms with Gasteiger partial charge in [0.2, 0.25) is 0 Å². The number of rotatable bonds is 4. The number of hydrogen-bond donors (Lipinski definition) is 0. The molecule has 5 heteroatoms. The largest absolute Gasteiger partial charge is 2.00 e. The second kappa shape index (κ2) is 7.93. The number of pyridine rings is 2. The van der Waals surface area contributed by atoms with E-state index in [1.165, 1.54) is 5.39 Å². The molecule has 0 saturated carbocycles. The predicted octanol–water partition coefficient (Wildman–Crippen LogP) is 4.08. The van der Waals surface area contributed by atoms with E-state index in [1.54, 1.807) is 0 Å². The van der Waals surface area contributed by atoms with E-state index >= 15 is 0 Å². The number of aryl methyl sites for hydroxylation is 1. The summed E-state index contributed by atoms with van der Waals surface area (Å²) in [6.07, 6.45) is 0.825. The fraction of sp³-hybridized carbons (Fsp3) is 0.238. The molecule has 0 fully saturated rings. The number of hydrogen-bond acceptors (Lipinski definition) is 4. The number of benzene rings is 2. The first-order valence-electron chi connectivity index (χ1n) is 8.49. The summed E-state index contributed by atoms with van der Waals surface area (Å²) in [6.45, 7) is 0.825. The molecule has 2 heterocycles. The van der Waals surface area contributed by atoms with Crippen LogP contribution in [0, 0.1) is 0 Å². The van der Waals surface area contributed by atoms with Crippen LogP contribution in [0.25, 0.3) is 32.6 Å². The van der Waals surface area contributed by atoms with Gasteiger partial charge in [0, 0.05) is 28.4 Å². The van der Waals surface area contributed by atoms with E-state index in [-0.39, 0.29) is 17.1 Å². The molecule has 0 unspecified atom stereocenters. The summed E-state index contributed by atoms with van der Waals surface area (Å²) in [5.41, 5.74) is 4.18. The first-order chi connectivity index (χ1) is 12.2. The molecule has 0 saturated heterocycles. The van der Waals surface area contributed by atoms with Crippen LogP contribution in [0.3, 0.4) is 0 Å². The van der Waals surface area contributed by atoms with Gasteiger partial charge in [-0.05, 0) is 38.0 Å². The third kappa shape index (κ3) is 3.58. The zero-order chi connectivity index (χ0) is 17.4. The van der Waals surface area contributed by atoms with Gasteiger partial charge in [0.25, 0.3) is 0 Å². The summed E-state index contributed by atoms with van der Waals surface area (Å²) < 4.78 is 0. The van der Waals surface area contributed by atoms with Crippen LogP contribution in [0.15, 0.2) is 48.5 Å². The molecule has 4 rings (SSSR count). The minimum absolute atomic E-state index is 0. The molecule has 0 aliphatic rings. The normalized spacial score (nSPS) is 11.4. The Morgan fingerprint density at radius 2 is 1.27 bits per heavy atom. The second-order valence-electron chi connectivity index (χ2n) is 6.67. The quantitative estimate of drug-likeness (QED) is 0.288. The summed E-state index contributed by atoms with van der Waals surface area (Å²) in [4.78, 5) is 12.0. The van der Waals surface area contributed by atoms with E-state index in [0.717, 1.165) is 51.5 Å². The molecular weight excluding hydrogens is 390 g/mol. The van der Waals surface area contributed by atoms with Crippen LogP contribution in [0.4, 0.5) is 0 Å². The van der Waals surface area contributed by atoms with Crippen molar-refractivity contribution >= 4 is 45.2 Å². The molecule has 135 valence electrons. The van der Waals surface area contributed by atoms with Gasteiger partial charge >= 0.3 is 17.1 Å². The Balaban J connectivity index is 0.00000196. The number of aromatic nitrogens is 2. The molecule has 26 heavy (non-hydrogen) atoms. The second-order valence-corrected chi connectivity index (χ2v) is 7.08. The molecule has 0 aliphatic carbocycles. The van der Waals surface area contributed by atoms with E-state index in [2.05, 4.69) is 67.5 Å². The van der Waals surface area contributed by atoms with Crippen molar-refractivity contribution < 1.29 is 17.1 Å². The average Bonchev–Trinajstić information content (AvgIpc) is 2.60. The SMILES string of the molecule is CN(C)Cc1ccc2ccc3ccc4ccc(CC[S-])nc4c3c2n1.[Cu+2]. The van der Waals surface area contributed by atoms with Crippen LogP contribution < -0.4 is 0 Å². The van der Waals surface area contributed by atoms with Gasteiger partial charge in [-0.15, -0.1) is 0 Å². The standard InChI is InChI=1S/C21H21N3S.Cu/c1-24(2)13-18-10-8-16-6-4-14-3-5-15-7-9-17(11-12-25)22-20(15)19(14)21(16)23-18;/h3-10,25H,11-13H2,1-2H3;/q;+2/p-1. The van der Waals surface area contributed by atoms with Gasteiger partial charge in [-0.25, -0.2) is 0 Å². The van der Waals surface area contributed by atoms with Gasteiger partial charge in [-0.1, -0.05) is 36.4 Å². The van der Waals surface area contributed by atoms with Gasteiger partial charge in [-0.2, -0.15) is 5.75 Å². The zero-order valence-electron chi connectivity index (χ0n) is 14.8. The van der Waals surface area contributed by atoms with Crippen molar-refractivity contribution in [1.82, 2.24) is 14.9 Å². The molecule has 0 aliphatic heterocycles. The maximum atomic E-state index is 5.13. The van der Waals surface area contributed by atoms with Crippen molar-refractivity contribution in [3.63, 3.8) is 0 Å². The summed E-state index contributed by atoms with van der Waals surface area (Å²) in [5.74, 6) is 0.690. The van der Waals surface area contributed by atoms with E-state index < -0.39 is 0 Å². The average molecular weight is 410 g/mol. The van der Waals surface area contributed by atoms with Crippen LogP contribution in [0.1, 0.15) is 11.4 Å². The third-order valence-electron chi connectivity index (χ3n) is 4.45. The van der Waals surface area contributed by atoms with Crippen molar-refractivity contribution in [2.45, 2.75) is 13.0 Å². The molecule has 2 aromatic carbocycles. The summed E-state index contributed by atoms with van der Waals surface area (Å²) in [5, 5.41) is 4.62. The fourth-order valence-corrected chi connectivity index (χ4v) is 3.52. The Morgan fingerprint density at radius 3 is 1.85 bits per heavy atom. The van der Waals surface area contributed by atoms with Crippen LogP contribution in [-0.4, -0.2) is 34.7 Å². The van der Waals surface area contributed by atoms with Gasteiger partial charge in [-0.3, -0.25) is 9.97 Å². The van der Waals surface area contributed by atoms with Crippen molar-refractivity contribution in [3.05, 3.63) is 59.9 Å².